The van der Waals surface area contributed by atoms with Crippen LogP contribution in [0.3, 0.4) is 0 Å². The number of amides is 1. The van der Waals surface area contributed by atoms with Gasteiger partial charge < -0.3 is 14.8 Å². The molecule has 0 atom stereocenters. The van der Waals surface area contributed by atoms with E-state index >= 15 is 0 Å². The Hall–Kier alpha value is -2.74. The minimum absolute atomic E-state index is 0.0972. The first-order valence-electron chi connectivity index (χ1n) is 10.7. The average molecular weight is 540 g/mol. The number of carbonyl (C=O) groups excluding carboxylic acids is 1. The first-order valence-corrected chi connectivity index (χ1v) is 14.8. The van der Waals surface area contributed by atoms with Crippen LogP contribution in [0.25, 0.3) is 10.2 Å². The molecule has 0 unspecified atom stereocenters. The maximum Gasteiger partial charge on any atom is 0.244 e. The molecule has 1 aliphatic rings. The van der Waals surface area contributed by atoms with Crippen molar-refractivity contribution in [3.8, 4) is 11.5 Å². The van der Waals surface area contributed by atoms with E-state index in [2.05, 4.69) is 10.3 Å². The number of aromatic nitrogens is 1. The second-order valence-electron chi connectivity index (χ2n) is 8.05. The third-order valence-electron chi connectivity index (χ3n) is 5.83. The minimum Gasteiger partial charge on any atom is -0.495 e. The highest BCUT2D eigenvalue weighted by atomic mass is 32.2. The second-order valence-corrected chi connectivity index (χ2v) is 12.9. The van der Waals surface area contributed by atoms with Crippen LogP contribution in [0.5, 0.6) is 11.5 Å². The Morgan fingerprint density at radius 3 is 2.20 bits per heavy atom. The van der Waals surface area contributed by atoms with Gasteiger partial charge in [-0.25, -0.2) is 21.8 Å². The number of hydrogen-bond acceptors (Lipinski definition) is 9. The topological polar surface area (TPSA) is 132 Å². The molecule has 1 aromatic heterocycles. The van der Waals surface area contributed by atoms with Crippen LogP contribution in [-0.2, 0) is 24.7 Å². The first kappa shape index (κ1) is 25.4. The lowest BCUT2D eigenvalue weighted by Crippen LogP contribution is -2.41. The average Bonchev–Trinajstić information content (AvgIpc) is 3.26. The quantitative estimate of drug-likeness (QED) is 0.485. The zero-order chi connectivity index (χ0) is 25.4. The van der Waals surface area contributed by atoms with Crippen LogP contribution in [0.4, 0.5) is 5.13 Å². The van der Waals surface area contributed by atoms with Gasteiger partial charge in [0.05, 0.1) is 19.1 Å². The van der Waals surface area contributed by atoms with Crippen LogP contribution in [0.15, 0.2) is 46.2 Å². The summed E-state index contributed by atoms with van der Waals surface area (Å²) in [7, 11) is -4.67. The maximum absolute atomic E-state index is 13.2. The normalized spacial score (nSPS) is 15.7. The Morgan fingerprint density at radius 1 is 1.00 bits per heavy atom. The number of fused-ring (bicyclic) bond motifs is 1. The number of carbonyl (C=O) groups is 1. The number of piperidine rings is 1. The SMILES string of the molecule is COc1ccc(OC)c2sc(NC(=O)C3CCN(S(=O)(=O)c4ccccc4S(C)(=O)=O)CC3)nc12. The van der Waals surface area contributed by atoms with Gasteiger partial charge in [0.25, 0.3) is 0 Å². The van der Waals surface area contributed by atoms with Crippen molar-refractivity contribution >= 4 is 52.5 Å². The van der Waals surface area contributed by atoms with Gasteiger partial charge in [0.1, 0.15) is 26.6 Å². The molecule has 1 saturated heterocycles. The molecule has 1 fully saturated rings. The number of benzene rings is 2. The molecule has 35 heavy (non-hydrogen) atoms. The molecule has 13 heteroatoms. The predicted molar refractivity (Wildman–Crippen MR) is 132 cm³/mol. The summed E-state index contributed by atoms with van der Waals surface area (Å²) in [6.45, 7) is 0.194. The lowest BCUT2D eigenvalue weighted by Gasteiger charge is -2.30. The third kappa shape index (κ3) is 4.99. The van der Waals surface area contributed by atoms with Crippen molar-refractivity contribution < 1.29 is 31.1 Å². The molecule has 0 bridgehead atoms. The Morgan fingerprint density at radius 2 is 1.60 bits per heavy atom. The summed E-state index contributed by atoms with van der Waals surface area (Å²) < 4.78 is 63.2. The number of hydrogen-bond donors (Lipinski definition) is 1. The van der Waals surface area contributed by atoms with Crippen LogP contribution in [-0.4, -0.2) is 65.6 Å². The van der Waals surface area contributed by atoms with Gasteiger partial charge in [0.15, 0.2) is 15.0 Å². The highest BCUT2D eigenvalue weighted by Crippen LogP contribution is 2.39. The number of sulfone groups is 1. The van der Waals surface area contributed by atoms with Crippen molar-refractivity contribution in [1.82, 2.24) is 9.29 Å². The summed E-state index contributed by atoms with van der Waals surface area (Å²) in [5, 5.41) is 3.22. The van der Waals surface area contributed by atoms with Gasteiger partial charge >= 0.3 is 0 Å². The summed E-state index contributed by atoms with van der Waals surface area (Å²) in [6.07, 6.45) is 1.57. The number of ether oxygens (including phenoxy) is 2. The van der Waals surface area contributed by atoms with Crippen LogP contribution >= 0.6 is 11.3 Å². The van der Waals surface area contributed by atoms with E-state index < -0.39 is 25.8 Å². The molecule has 1 amide bonds. The third-order valence-corrected chi connectivity index (χ3v) is 10.1. The second kappa shape index (κ2) is 9.72. The maximum atomic E-state index is 13.2. The summed E-state index contributed by atoms with van der Waals surface area (Å²) in [6, 6.07) is 9.06. The Bertz CT molecular complexity index is 1430. The first-order chi connectivity index (χ1) is 16.6. The zero-order valence-electron chi connectivity index (χ0n) is 19.3. The van der Waals surface area contributed by atoms with Gasteiger partial charge in [0.2, 0.25) is 15.9 Å². The van der Waals surface area contributed by atoms with Crippen LogP contribution in [0.2, 0.25) is 0 Å². The molecule has 4 rings (SSSR count). The van der Waals surface area contributed by atoms with E-state index in [0.717, 1.165) is 11.0 Å². The van der Waals surface area contributed by atoms with Crippen molar-refractivity contribution in [3.63, 3.8) is 0 Å². The van der Waals surface area contributed by atoms with Crippen LogP contribution in [0.1, 0.15) is 12.8 Å². The molecule has 0 saturated carbocycles. The van der Waals surface area contributed by atoms with Crippen molar-refractivity contribution in [2.75, 3.05) is 38.9 Å². The molecular weight excluding hydrogens is 514 g/mol. The fourth-order valence-corrected chi connectivity index (χ4v) is 8.06. The summed E-state index contributed by atoms with van der Waals surface area (Å²) in [4.78, 5) is 16.9. The van der Waals surface area contributed by atoms with Gasteiger partial charge in [-0.15, -0.1) is 0 Å². The van der Waals surface area contributed by atoms with Gasteiger partial charge in [-0.3, -0.25) is 4.79 Å². The van der Waals surface area contributed by atoms with Crippen molar-refractivity contribution in [2.24, 2.45) is 5.92 Å². The highest BCUT2D eigenvalue weighted by molar-refractivity contribution is 7.93. The molecule has 2 aromatic carbocycles. The minimum atomic E-state index is -4.03. The van der Waals surface area contributed by atoms with E-state index in [1.165, 1.54) is 47.0 Å². The van der Waals surface area contributed by atoms with E-state index in [0.29, 0.717) is 35.0 Å². The smallest absolute Gasteiger partial charge is 0.244 e. The lowest BCUT2D eigenvalue weighted by molar-refractivity contribution is -0.120. The molecule has 1 N–H and O–H groups in total. The highest BCUT2D eigenvalue weighted by Gasteiger charge is 2.34. The fourth-order valence-electron chi connectivity index (χ4n) is 4.01. The lowest BCUT2D eigenvalue weighted by atomic mass is 9.97. The molecule has 2 heterocycles. The number of anilines is 1. The van der Waals surface area contributed by atoms with E-state index in [1.54, 1.807) is 19.2 Å². The summed E-state index contributed by atoms with van der Waals surface area (Å²) in [5.74, 6) is 0.509. The largest absolute Gasteiger partial charge is 0.495 e. The van der Waals surface area contributed by atoms with E-state index in [9.17, 15) is 21.6 Å². The zero-order valence-corrected chi connectivity index (χ0v) is 21.8. The van der Waals surface area contributed by atoms with Crippen molar-refractivity contribution in [3.05, 3.63) is 36.4 Å². The molecule has 0 aliphatic carbocycles. The number of nitrogens with one attached hydrogen (secondary N) is 1. The van der Waals surface area contributed by atoms with E-state index in [4.69, 9.17) is 9.47 Å². The van der Waals surface area contributed by atoms with Gasteiger partial charge in [-0.2, -0.15) is 4.31 Å². The molecule has 0 spiro atoms. The van der Waals surface area contributed by atoms with Crippen molar-refractivity contribution in [1.29, 1.82) is 0 Å². The van der Waals surface area contributed by atoms with Gasteiger partial charge in [0, 0.05) is 25.3 Å². The van der Waals surface area contributed by atoms with Gasteiger partial charge in [-0.1, -0.05) is 23.5 Å². The predicted octanol–water partition coefficient (Wildman–Crippen LogP) is 2.76. The summed E-state index contributed by atoms with van der Waals surface area (Å²) >= 11 is 1.27. The standard InChI is InChI=1S/C22H25N3O7S3/c1-31-15-8-9-16(32-2)20-19(15)23-22(33-20)24-21(26)14-10-12-25(13-11-14)35(29,30)18-7-5-4-6-17(18)34(3,27)28/h4-9,14H,10-13H2,1-3H3,(H,23,24,26). The molecule has 188 valence electrons. The molecule has 3 aromatic rings. The monoisotopic (exact) mass is 539 g/mol. The number of thiazole rings is 1. The van der Waals surface area contributed by atoms with E-state index in [-0.39, 0.29) is 28.8 Å². The Balaban J connectivity index is 1.47. The number of rotatable bonds is 7. The van der Waals surface area contributed by atoms with Crippen LogP contribution in [0, 0.1) is 5.92 Å². The molecular formula is C22H25N3O7S3. The molecule has 0 radical (unpaired) electrons. The Kier molecular flexibility index (Phi) is 7.04. The Labute approximate surface area is 207 Å². The molecule has 1 aliphatic heterocycles. The van der Waals surface area contributed by atoms with Crippen LogP contribution < -0.4 is 14.8 Å². The number of methoxy groups -OCH3 is 2. The number of nitrogens with zero attached hydrogens (tertiary/aromatic N) is 2. The summed E-state index contributed by atoms with van der Waals surface area (Å²) in [5.41, 5.74) is 0.581. The van der Waals surface area contributed by atoms with Gasteiger partial charge in [-0.05, 0) is 37.1 Å². The number of sulfonamides is 1. The molecule has 10 nitrogen and oxygen atoms in total. The fraction of sp³-hybridized carbons (Fsp3) is 0.364. The van der Waals surface area contributed by atoms with E-state index in [1.807, 2.05) is 0 Å². The van der Waals surface area contributed by atoms with Crippen molar-refractivity contribution in [2.45, 2.75) is 22.6 Å².